The summed E-state index contributed by atoms with van der Waals surface area (Å²) in [6, 6.07) is 15.3. The molecule has 0 saturated carbocycles. The minimum atomic E-state index is -0.607. The first-order valence-electron chi connectivity index (χ1n) is 9.05. The fraction of sp³-hybridized carbons (Fsp3) is 0.0476. The van der Waals surface area contributed by atoms with Gasteiger partial charge in [-0.2, -0.15) is 10.1 Å². The molecule has 3 aromatic heterocycles. The van der Waals surface area contributed by atoms with Crippen LogP contribution in [0.15, 0.2) is 70.1 Å². The van der Waals surface area contributed by atoms with Crippen LogP contribution in [0.2, 0.25) is 0 Å². The highest BCUT2D eigenvalue weighted by atomic mass is 19.1. The molecule has 0 bridgehead atoms. The van der Waals surface area contributed by atoms with Crippen molar-refractivity contribution in [1.29, 1.82) is 0 Å². The molecule has 0 spiro atoms. The second-order valence-corrected chi connectivity index (χ2v) is 6.66. The summed E-state index contributed by atoms with van der Waals surface area (Å²) >= 11 is 0. The lowest BCUT2D eigenvalue weighted by Crippen LogP contribution is -2.12. The number of benzene rings is 2. The maximum Gasteiger partial charge on any atom is 0.267 e. The fourth-order valence-corrected chi connectivity index (χ4v) is 3.25. The minimum absolute atomic E-state index is 0.100. The van der Waals surface area contributed by atoms with Crippen LogP contribution < -0.4 is 5.56 Å². The summed E-state index contributed by atoms with van der Waals surface area (Å²) in [5.74, 6) is -0.844. The van der Waals surface area contributed by atoms with Crippen LogP contribution in [-0.4, -0.2) is 30.0 Å². The number of halogens is 1. The third kappa shape index (κ3) is 3.02. The molecule has 5 aromatic rings. The van der Waals surface area contributed by atoms with Crippen molar-refractivity contribution in [2.24, 2.45) is 0 Å². The van der Waals surface area contributed by atoms with Gasteiger partial charge in [0.25, 0.3) is 11.4 Å². The molecule has 0 atom stereocenters. The number of fused-ring (bicyclic) bond motifs is 1. The number of hydrogen-bond acceptors (Lipinski definition) is 6. The lowest BCUT2D eigenvalue weighted by molar-refractivity contribution is 0.426. The Balaban J connectivity index is 1.57. The molecule has 0 fully saturated rings. The van der Waals surface area contributed by atoms with E-state index in [1.165, 1.54) is 24.4 Å². The zero-order valence-electron chi connectivity index (χ0n) is 15.4. The van der Waals surface area contributed by atoms with Crippen LogP contribution in [0.25, 0.3) is 33.9 Å². The van der Waals surface area contributed by atoms with Gasteiger partial charge in [0.15, 0.2) is 0 Å². The second-order valence-electron chi connectivity index (χ2n) is 6.66. The summed E-state index contributed by atoms with van der Waals surface area (Å²) < 4.78 is 20.2. The van der Waals surface area contributed by atoms with Gasteiger partial charge in [-0.15, -0.1) is 0 Å². The number of aromatic amines is 1. The molecule has 148 valence electrons. The molecule has 0 aliphatic rings. The number of rotatable bonds is 4. The molecule has 0 unspecified atom stereocenters. The third-order valence-corrected chi connectivity index (χ3v) is 4.69. The number of aromatic nitrogens is 5. The van der Waals surface area contributed by atoms with E-state index in [0.29, 0.717) is 23.1 Å². The van der Waals surface area contributed by atoms with Crippen LogP contribution in [0.1, 0.15) is 5.56 Å². The Bertz CT molecular complexity index is 1420. The maximum absolute atomic E-state index is 13.5. The smallest absolute Gasteiger partial charge is 0.267 e. The molecule has 5 rings (SSSR count). The SMILES string of the molecule is O=c1[nH]c2c(cnn2Cc2ccccc2)c(O)c1-c1nc(-c2cccc(F)c2)no1. The normalized spacial score (nSPS) is 11.2. The van der Waals surface area contributed by atoms with Crippen molar-refractivity contribution in [2.75, 3.05) is 0 Å². The van der Waals surface area contributed by atoms with Gasteiger partial charge in [0.2, 0.25) is 5.82 Å². The molecule has 8 nitrogen and oxygen atoms in total. The third-order valence-electron chi connectivity index (χ3n) is 4.69. The van der Waals surface area contributed by atoms with Gasteiger partial charge in [0.05, 0.1) is 18.1 Å². The molecule has 9 heteroatoms. The van der Waals surface area contributed by atoms with Crippen LogP contribution in [0.4, 0.5) is 4.39 Å². The molecule has 0 aliphatic carbocycles. The Morgan fingerprint density at radius 3 is 2.77 bits per heavy atom. The molecule has 30 heavy (non-hydrogen) atoms. The van der Waals surface area contributed by atoms with Crippen LogP contribution in [0.3, 0.4) is 0 Å². The first kappa shape index (κ1) is 17.8. The minimum Gasteiger partial charge on any atom is -0.506 e. The van der Waals surface area contributed by atoms with Gasteiger partial charge in [-0.3, -0.25) is 4.79 Å². The van der Waals surface area contributed by atoms with Gasteiger partial charge in [-0.05, 0) is 17.7 Å². The second kappa shape index (κ2) is 6.96. The summed E-state index contributed by atoms with van der Waals surface area (Å²) in [6.45, 7) is 0.420. The number of nitrogens with zero attached hydrogens (tertiary/aromatic N) is 4. The summed E-state index contributed by atoms with van der Waals surface area (Å²) in [4.78, 5) is 19.6. The Morgan fingerprint density at radius 2 is 1.97 bits per heavy atom. The Kier molecular flexibility index (Phi) is 4.13. The van der Waals surface area contributed by atoms with E-state index in [1.807, 2.05) is 30.3 Å². The number of pyridine rings is 1. The summed E-state index contributed by atoms with van der Waals surface area (Å²) in [5, 5.41) is 19.1. The van der Waals surface area contributed by atoms with E-state index < -0.39 is 11.4 Å². The quantitative estimate of drug-likeness (QED) is 0.476. The van der Waals surface area contributed by atoms with E-state index in [-0.39, 0.29) is 23.0 Å². The lowest BCUT2D eigenvalue weighted by Gasteiger charge is -2.05. The molecule has 2 aromatic carbocycles. The van der Waals surface area contributed by atoms with Gasteiger partial charge in [-0.25, -0.2) is 9.07 Å². The monoisotopic (exact) mass is 403 g/mol. The maximum atomic E-state index is 13.5. The summed E-state index contributed by atoms with van der Waals surface area (Å²) in [5.41, 5.74) is 0.970. The van der Waals surface area contributed by atoms with E-state index in [1.54, 1.807) is 10.7 Å². The number of hydrogen-bond donors (Lipinski definition) is 2. The molecule has 0 amide bonds. The highest BCUT2D eigenvalue weighted by Gasteiger charge is 2.22. The highest BCUT2D eigenvalue weighted by molar-refractivity contribution is 5.88. The van der Waals surface area contributed by atoms with E-state index in [4.69, 9.17) is 4.52 Å². The first-order valence-corrected chi connectivity index (χ1v) is 9.05. The largest absolute Gasteiger partial charge is 0.506 e. The molecule has 2 N–H and O–H groups in total. The standard InChI is InChI=1S/C21H14FN5O3/c22-14-8-4-7-13(9-14)18-24-21(30-26-18)16-17(28)15-10-23-27(19(15)25-20(16)29)11-12-5-2-1-3-6-12/h1-10H,11H2,(H2,25,28,29). The topological polar surface area (TPSA) is 110 Å². The fourth-order valence-electron chi connectivity index (χ4n) is 3.25. The predicted molar refractivity (Wildman–Crippen MR) is 106 cm³/mol. The molecule has 3 heterocycles. The predicted octanol–water partition coefficient (Wildman–Crippen LogP) is 3.33. The average molecular weight is 403 g/mol. The zero-order chi connectivity index (χ0) is 20.7. The van der Waals surface area contributed by atoms with Gasteiger partial charge < -0.3 is 14.6 Å². The van der Waals surface area contributed by atoms with Crippen LogP contribution in [0, 0.1) is 5.82 Å². The van der Waals surface area contributed by atoms with E-state index in [2.05, 4.69) is 20.2 Å². The van der Waals surface area contributed by atoms with Crippen molar-refractivity contribution in [3.63, 3.8) is 0 Å². The van der Waals surface area contributed by atoms with Gasteiger partial charge >= 0.3 is 0 Å². The molecule has 0 radical (unpaired) electrons. The number of H-pyrrole nitrogens is 1. The molecular formula is C21H14FN5O3. The average Bonchev–Trinajstić information content (AvgIpc) is 3.37. The van der Waals surface area contributed by atoms with Crippen molar-refractivity contribution in [3.8, 4) is 28.6 Å². The lowest BCUT2D eigenvalue weighted by atomic mass is 10.2. The van der Waals surface area contributed by atoms with Crippen LogP contribution in [-0.2, 0) is 6.54 Å². The summed E-state index contributed by atoms with van der Waals surface area (Å²) in [6.07, 6.45) is 1.46. The van der Waals surface area contributed by atoms with E-state index in [0.717, 1.165) is 5.56 Å². The van der Waals surface area contributed by atoms with Crippen LogP contribution in [0.5, 0.6) is 5.75 Å². The van der Waals surface area contributed by atoms with Gasteiger partial charge in [0.1, 0.15) is 22.8 Å². The Morgan fingerprint density at radius 1 is 1.13 bits per heavy atom. The number of aromatic hydroxyl groups is 1. The molecular weight excluding hydrogens is 389 g/mol. The van der Waals surface area contributed by atoms with Crippen molar-refractivity contribution >= 4 is 11.0 Å². The van der Waals surface area contributed by atoms with Crippen molar-refractivity contribution in [3.05, 3.63) is 82.5 Å². The molecule has 0 aliphatic heterocycles. The van der Waals surface area contributed by atoms with Crippen molar-refractivity contribution in [2.45, 2.75) is 6.54 Å². The van der Waals surface area contributed by atoms with E-state index >= 15 is 0 Å². The van der Waals surface area contributed by atoms with Crippen molar-refractivity contribution in [1.82, 2.24) is 24.9 Å². The number of nitrogens with one attached hydrogen (secondary N) is 1. The van der Waals surface area contributed by atoms with Crippen molar-refractivity contribution < 1.29 is 14.0 Å². The Labute approximate surface area is 168 Å². The van der Waals surface area contributed by atoms with Gasteiger partial charge in [0, 0.05) is 5.56 Å². The highest BCUT2D eigenvalue weighted by Crippen LogP contribution is 2.32. The first-order chi connectivity index (χ1) is 14.6. The summed E-state index contributed by atoms with van der Waals surface area (Å²) in [7, 11) is 0. The zero-order valence-corrected chi connectivity index (χ0v) is 15.4. The Hall–Kier alpha value is -4.27. The van der Waals surface area contributed by atoms with Gasteiger partial charge in [-0.1, -0.05) is 47.6 Å². The molecule has 0 saturated heterocycles. The van der Waals surface area contributed by atoms with E-state index in [9.17, 15) is 14.3 Å². The van der Waals surface area contributed by atoms with Crippen LogP contribution >= 0.6 is 0 Å².